The lowest BCUT2D eigenvalue weighted by molar-refractivity contribution is 0.0600. The minimum atomic E-state index is -3.69. The van der Waals surface area contributed by atoms with E-state index in [0.29, 0.717) is 6.42 Å². The van der Waals surface area contributed by atoms with Crippen molar-refractivity contribution in [2.24, 2.45) is 5.92 Å². The maximum Gasteiger partial charge on any atom is 0.337 e. The van der Waals surface area contributed by atoms with Crippen LogP contribution in [0.25, 0.3) is 0 Å². The molecule has 0 saturated heterocycles. The van der Waals surface area contributed by atoms with Crippen molar-refractivity contribution in [3.8, 4) is 0 Å². The normalized spacial score (nSPS) is 12.9. The lowest BCUT2D eigenvalue weighted by atomic mass is 10.0. The number of rotatable bonds is 8. The summed E-state index contributed by atoms with van der Waals surface area (Å²) in [4.78, 5) is 11.4. The number of aliphatic hydroxyl groups is 1. The third-order valence-electron chi connectivity index (χ3n) is 3.24. The maximum atomic E-state index is 12.2. The van der Waals surface area contributed by atoms with Gasteiger partial charge in [-0.3, -0.25) is 0 Å². The fraction of sp³-hybridized carbons (Fsp3) is 0.500. The van der Waals surface area contributed by atoms with E-state index in [0.717, 1.165) is 6.42 Å². The largest absolute Gasteiger partial charge is 0.465 e. The van der Waals surface area contributed by atoms with Gasteiger partial charge in [-0.25, -0.2) is 17.9 Å². The number of hydrogen-bond donors (Lipinski definition) is 2. The number of esters is 1. The number of carbonyl (C=O) groups is 1. The average Bonchev–Trinajstić information content (AvgIpc) is 2.50. The van der Waals surface area contributed by atoms with Crippen molar-refractivity contribution in [3.63, 3.8) is 0 Å². The van der Waals surface area contributed by atoms with E-state index >= 15 is 0 Å². The number of ether oxygens (including phenoxy) is 1. The Labute approximate surface area is 125 Å². The van der Waals surface area contributed by atoms with Gasteiger partial charge in [0.1, 0.15) is 0 Å². The van der Waals surface area contributed by atoms with E-state index in [-0.39, 0.29) is 29.5 Å². The van der Waals surface area contributed by atoms with Crippen molar-refractivity contribution in [2.45, 2.75) is 24.7 Å². The second-order valence-electron chi connectivity index (χ2n) is 4.66. The van der Waals surface area contributed by atoms with Gasteiger partial charge in [-0.2, -0.15) is 0 Å². The molecule has 118 valence electrons. The molecule has 0 aliphatic heterocycles. The van der Waals surface area contributed by atoms with Gasteiger partial charge in [-0.1, -0.05) is 19.4 Å². The summed E-state index contributed by atoms with van der Waals surface area (Å²) in [6, 6.07) is 5.68. The molecule has 6 nitrogen and oxygen atoms in total. The van der Waals surface area contributed by atoms with Crippen LogP contribution in [0.5, 0.6) is 0 Å². The summed E-state index contributed by atoms with van der Waals surface area (Å²) in [5.74, 6) is -0.507. The summed E-state index contributed by atoms with van der Waals surface area (Å²) in [7, 11) is -2.45. The van der Waals surface area contributed by atoms with Gasteiger partial charge in [0.05, 0.1) is 17.6 Å². The van der Waals surface area contributed by atoms with Gasteiger partial charge in [-0.05, 0) is 30.5 Å². The first-order chi connectivity index (χ1) is 9.94. The summed E-state index contributed by atoms with van der Waals surface area (Å²) >= 11 is 0. The molecular weight excluding hydrogens is 294 g/mol. The second-order valence-corrected chi connectivity index (χ2v) is 6.42. The van der Waals surface area contributed by atoms with E-state index in [1.54, 1.807) is 0 Å². The zero-order valence-corrected chi connectivity index (χ0v) is 13.0. The van der Waals surface area contributed by atoms with E-state index in [2.05, 4.69) is 9.46 Å². The zero-order chi connectivity index (χ0) is 15.9. The number of hydrogen-bond acceptors (Lipinski definition) is 5. The first-order valence-electron chi connectivity index (χ1n) is 6.73. The molecule has 0 aromatic heterocycles. The minimum Gasteiger partial charge on any atom is -0.465 e. The van der Waals surface area contributed by atoms with E-state index in [1.165, 1.54) is 31.4 Å². The smallest absolute Gasteiger partial charge is 0.337 e. The molecule has 0 amide bonds. The van der Waals surface area contributed by atoms with Crippen molar-refractivity contribution in [2.75, 3.05) is 20.3 Å². The highest BCUT2D eigenvalue weighted by molar-refractivity contribution is 7.89. The van der Waals surface area contributed by atoms with E-state index in [9.17, 15) is 13.2 Å². The van der Waals surface area contributed by atoms with Crippen LogP contribution in [0.1, 0.15) is 30.1 Å². The second kappa shape index (κ2) is 8.11. The van der Waals surface area contributed by atoms with Crippen molar-refractivity contribution in [3.05, 3.63) is 29.8 Å². The van der Waals surface area contributed by atoms with Crippen molar-refractivity contribution >= 4 is 16.0 Å². The fourth-order valence-corrected chi connectivity index (χ4v) is 3.01. The number of aliphatic hydroxyl groups excluding tert-OH is 1. The van der Waals surface area contributed by atoms with Crippen LogP contribution >= 0.6 is 0 Å². The standard InChI is InChI=1S/C14H21NO5S/c1-3-11(7-8-16)10-15-21(18,19)13-6-4-5-12(9-13)14(17)20-2/h4-6,9,11,15-16H,3,7-8,10H2,1-2H3. The minimum absolute atomic E-state index is 0.0178. The van der Waals surface area contributed by atoms with Crippen molar-refractivity contribution in [1.29, 1.82) is 0 Å². The fourth-order valence-electron chi connectivity index (χ4n) is 1.85. The molecule has 7 heteroatoms. The Kier molecular flexibility index (Phi) is 6.80. The molecule has 1 rings (SSSR count). The molecule has 0 fully saturated rings. The highest BCUT2D eigenvalue weighted by Crippen LogP contribution is 2.14. The van der Waals surface area contributed by atoms with Gasteiger partial charge in [0.2, 0.25) is 10.0 Å². The molecular formula is C14H21NO5S. The monoisotopic (exact) mass is 315 g/mol. The third kappa shape index (κ3) is 5.11. The average molecular weight is 315 g/mol. The summed E-state index contributed by atoms with van der Waals surface area (Å²) < 4.78 is 31.5. The summed E-state index contributed by atoms with van der Waals surface area (Å²) in [6.45, 7) is 2.21. The van der Waals surface area contributed by atoms with E-state index < -0.39 is 16.0 Å². The van der Waals surface area contributed by atoms with E-state index in [4.69, 9.17) is 5.11 Å². The van der Waals surface area contributed by atoms with Crippen LogP contribution in [-0.2, 0) is 14.8 Å². The Morgan fingerprint density at radius 2 is 2.14 bits per heavy atom. The molecule has 0 aliphatic carbocycles. The molecule has 0 radical (unpaired) electrons. The zero-order valence-electron chi connectivity index (χ0n) is 12.2. The molecule has 0 aliphatic rings. The quantitative estimate of drug-likeness (QED) is 0.702. The Morgan fingerprint density at radius 3 is 2.71 bits per heavy atom. The topological polar surface area (TPSA) is 92.7 Å². The molecule has 0 saturated carbocycles. The van der Waals surface area contributed by atoms with Gasteiger partial charge in [0.25, 0.3) is 0 Å². The van der Waals surface area contributed by atoms with Gasteiger partial charge >= 0.3 is 5.97 Å². The highest BCUT2D eigenvalue weighted by atomic mass is 32.2. The summed E-state index contributed by atoms with van der Waals surface area (Å²) in [6.07, 6.45) is 1.31. The number of carbonyl (C=O) groups excluding carboxylic acids is 1. The van der Waals surface area contributed by atoms with Crippen LogP contribution in [0.3, 0.4) is 0 Å². The van der Waals surface area contributed by atoms with Crippen LogP contribution in [0.4, 0.5) is 0 Å². The molecule has 1 aromatic rings. The van der Waals surface area contributed by atoms with Crippen LogP contribution in [0.2, 0.25) is 0 Å². The highest BCUT2D eigenvalue weighted by Gasteiger charge is 2.18. The number of sulfonamides is 1. The lowest BCUT2D eigenvalue weighted by Gasteiger charge is -2.14. The molecule has 0 heterocycles. The lowest BCUT2D eigenvalue weighted by Crippen LogP contribution is -2.29. The van der Waals surface area contributed by atoms with Crippen LogP contribution < -0.4 is 4.72 Å². The Bertz CT molecular complexity index is 570. The SMILES string of the molecule is CCC(CCO)CNS(=O)(=O)c1cccc(C(=O)OC)c1. The van der Waals surface area contributed by atoms with Gasteiger partial charge in [-0.15, -0.1) is 0 Å². The first kappa shape index (κ1) is 17.6. The molecule has 1 aromatic carbocycles. The molecule has 1 unspecified atom stereocenters. The Balaban J connectivity index is 2.85. The number of nitrogens with one attached hydrogen (secondary N) is 1. The van der Waals surface area contributed by atoms with Gasteiger partial charge < -0.3 is 9.84 Å². The predicted molar refractivity (Wildman–Crippen MR) is 78.5 cm³/mol. The van der Waals surface area contributed by atoms with Crippen molar-refractivity contribution < 1.29 is 23.1 Å². The first-order valence-corrected chi connectivity index (χ1v) is 8.21. The van der Waals surface area contributed by atoms with Crippen LogP contribution in [0, 0.1) is 5.92 Å². The number of benzene rings is 1. The summed E-state index contributed by atoms with van der Waals surface area (Å²) in [5.41, 5.74) is 0.183. The number of methoxy groups -OCH3 is 1. The molecule has 0 bridgehead atoms. The Morgan fingerprint density at radius 1 is 1.43 bits per heavy atom. The predicted octanol–water partition coefficient (Wildman–Crippen LogP) is 1.16. The summed E-state index contributed by atoms with van der Waals surface area (Å²) in [5, 5.41) is 8.91. The van der Waals surface area contributed by atoms with Crippen molar-refractivity contribution in [1.82, 2.24) is 4.72 Å². The van der Waals surface area contributed by atoms with Gasteiger partial charge in [0, 0.05) is 13.2 Å². The molecule has 21 heavy (non-hydrogen) atoms. The van der Waals surface area contributed by atoms with Crippen LogP contribution in [-0.4, -0.2) is 39.8 Å². The molecule has 2 N–H and O–H groups in total. The molecule has 0 spiro atoms. The Hall–Kier alpha value is -1.44. The molecule has 1 atom stereocenters. The van der Waals surface area contributed by atoms with Crippen LogP contribution in [0.15, 0.2) is 29.2 Å². The van der Waals surface area contributed by atoms with E-state index in [1.807, 2.05) is 6.92 Å². The van der Waals surface area contributed by atoms with Gasteiger partial charge in [0.15, 0.2) is 0 Å². The third-order valence-corrected chi connectivity index (χ3v) is 4.66. The maximum absolute atomic E-state index is 12.2.